The second-order valence-corrected chi connectivity index (χ2v) is 3.25. The smallest absolute Gasteiger partial charge is 0.323 e. The van der Waals surface area contributed by atoms with Crippen LogP contribution in [0.25, 0.3) is 0 Å². The zero-order chi connectivity index (χ0) is 10.6. The zero-order valence-corrected chi connectivity index (χ0v) is 8.23. The lowest BCUT2D eigenvalue weighted by molar-refractivity contribution is -0.148. The Morgan fingerprint density at radius 1 is 1.57 bits per heavy atom. The van der Waals surface area contributed by atoms with Crippen LogP contribution in [0.1, 0.15) is 19.8 Å². The van der Waals surface area contributed by atoms with Crippen LogP contribution >= 0.6 is 0 Å². The van der Waals surface area contributed by atoms with Gasteiger partial charge in [-0.15, -0.1) is 0 Å². The fraction of sp³-hybridized carbons (Fsp3) is 0.778. The molecule has 1 heterocycles. The number of carboxylic acids is 1. The average Bonchev–Trinajstić information content (AvgIpc) is 2.65. The molecule has 14 heavy (non-hydrogen) atoms. The standard InChI is InChI=1S/C9H15NO4/c1-2-10(6-8(11)12)9(13)7-4-3-5-14-7/h7H,2-6H2,1H3,(H,11,12). The molecular formula is C9H15NO4. The van der Waals surface area contributed by atoms with Gasteiger partial charge >= 0.3 is 5.97 Å². The number of carbonyl (C=O) groups is 2. The molecule has 0 aromatic carbocycles. The third-order valence-corrected chi connectivity index (χ3v) is 2.22. The van der Waals surface area contributed by atoms with E-state index in [2.05, 4.69) is 0 Å². The maximum atomic E-state index is 11.6. The molecule has 1 aliphatic rings. The molecule has 1 unspecified atom stereocenters. The number of hydrogen-bond donors (Lipinski definition) is 1. The van der Waals surface area contributed by atoms with Crippen LogP contribution in [0.15, 0.2) is 0 Å². The summed E-state index contributed by atoms with van der Waals surface area (Å²) >= 11 is 0. The predicted molar refractivity (Wildman–Crippen MR) is 48.9 cm³/mol. The van der Waals surface area contributed by atoms with Crippen LogP contribution in [-0.2, 0) is 14.3 Å². The molecule has 0 saturated carbocycles. The maximum absolute atomic E-state index is 11.6. The Bertz CT molecular complexity index is 223. The van der Waals surface area contributed by atoms with Gasteiger partial charge < -0.3 is 14.7 Å². The Balaban J connectivity index is 2.50. The quantitative estimate of drug-likeness (QED) is 0.700. The van der Waals surface area contributed by atoms with E-state index in [4.69, 9.17) is 9.84 Å². The van der Waals surface area contributed by atoms with Crippen LogP contribution in [0, 0.1) is 0 Å². The number of hydrogen-bond acceptors (Lipinski definition) is 3. The lowest BCUT2D eigenvalue weighted by atomic mass is 10.2. The van der Waals surface area contributed by atoms with Crippen molar-refractivity contribution in [1.29, 1.82) is 0 Å². The van der Waals surface area contributed by atoms with Crippen LogP contribution < -0.4 is 0 Å². The molecule has 5 nitrogen and oxygen atoms in total. The average molecular weight is 201 g/mol. The summed E-state index contributed by atoms with van der Waals surface area (Å²) in [6.07, 6.45) is 1.16. The van der Waals surface area contributed by atoms with Gasteiger partial charge in [0.15, 0.2) is 0 Å². The Morgan fingerprint density at radius 2 is 2.29 bits per heavy atom. The first-order valence-electron chi connectivity index (χ1n) is 4.77. The summed E-state index contributed by atoms with van der Waals surface area (Å²) in [4.78, 5) is 23.4. The van der Waals surface area contributed by atoms with E-state index in [0.717, 1.165) is 6.42 Å². The molecular weight excluding hydrogens is 186 g/mol. The fourth-order valence-electron chi connectivity index (χ4n) is 1.48. The highest BCUT2D eigenvalue weighted by Crippen LogP contribution is 2.14. The second kappa shape index (κ2) is 4.95. The summed E-state index contributed by atoms with van der Waals surface area (Å²) in [5, 5.41) is 8.57. The molecule has 1 amide bonds. The van der Waals surface area contributed by atoms with Gasteiger partial charge in [0.2, 0.25) is 0 Å². The van der Waals surface area contributed by atoms with Crippen molar-refractivity contribution in [1.82, 2.24) is 4.90 Å². The van der Waals surface area contributed by atoms with Crippen molar-refractivity contribution in [3.63, 3.8) is 0 Å². The number of amides is 1. The number of likely N-dealkylation sites (N-methyl/N-ethyl adjacent to an activating group) is 1. The molecule has 0 aliphatic carbocycles. The molecule has 1 saturated heterocycles. The minimum Gasteiger partial charge on any atom is -0.480 e. The van der Waals surface area contributed by atoms with Gasteiger partial charge in [-0.2, -0.15) is 0 Å². The van der Waals surface area contributed by atoms with Gasteiger partial charge in [0.25, 0.3) is 5.91 Å². The molecule has 1 N–H and O–H groups in total. The fourth-order valence-corrected chi connectivity index (χ4v) is 1.48. The summed E-state index contributed by atoms with van der Waals surface area (Å²) in [5.41, 5.74) is 0. The van der Waals surface area contributed by atoms with Gasteiger partial charge in [-0.1, -0.05) is 0 Å². The van der Waals surface area contributed by atoms with Crippen molar-refractivity contribution in [3.8, 4) is 0 Å². The SMILES string of the molecule is CCN(CC(=O)O)C(=O)C1CCCO1. The highest BCUT2D eigenvalue weighted by atomic mass is 16.5. The lowest BCUT2D eigenvalue weighted by Gasteiger charge is -2.21. The topological polar surface area (TPSA) is 66.8 Å². The van der Waals surface area contributed by atoms with E-state index in [9.17, 15) is 9.59 Å². The van der Waals surface area contributed by atoms with Crippen molar-refractivity contribution >= 4 is 11.9 Å². The highest BCUT2D eigenvalue weighted by Gasteiger charge is 2.28. The molecule has 1 fully saturated rings. The van der Waals surface area contributed by atoms with Gasteiger partial charge in [0.05, 0.1) is 0 Å². The largest absolute Gasteiger partial charge is 0.480 e. The van der Waals surface area contributed by atoms with Gasteiger partial charge in [-0.3, -0.25) is 9.59 Å². The maximum Gasteiger partial charge on any atom is 0.323 e. The Morgan fingerprint density at radius 3 is 2.71 bits per heavy atom. The van der Waals surface area contributed by atoms with Gasteiger partial charge in [0.1, 0.15) is 12.6 Å². The van der Waals surface area contributed by atoms with E-state index in [1.54, 1.807) is 6.92 Å². The van der Waals surface area contributed by atoms with E-state index in [1.165, 1.54) is 4.90 Å². The zero-order valence-electron chi connectivity index (χ0n) is 8.23. The van der Waals surface area contributed by atoms with E-state index in [-0.39, 0.29) is 12.5 Å². The Hall–Kier alpha value is -1.10. The van der Waals surface area contributed by atoms with E-state index >= 15 is 0 Å². The summed E-state index contributed by atoms with van der Waals surface area (Å²) in [5.74, 6) is -1.19. The van der Waals surface area contributed by atoms with Crippen LogP contribution in [0.3, 0.4) is 0 Å². The van der Waals surface area contributed by atoms with Crippen LogP contribution in [0.5, 0.6) is 0 Å². The van der Waals surface area contributed by atoms with Crippen molar-refractivity contribution in [2.24, 2.45) is 0 Å². The van der Waals surface area contributed by atoms with Crippen molar-refractivity contribution in [2.75, 3.05) is 19.7 Å². The van der Waals surface area contributed by atoms with E-state index in [0.29, 0.717) is 19.6 Å². The molecule has 80 valence electrons. The number of ether oxygens (including phenoxy) is 1. The lowest BCUT2D eigenvalue weighted by Crippen LogP contribution is -2.41. The molecule has 1 aliphatic heterocycles. The summed E-state index contributed by atoms with van der Waals surface area (Å²) < 4.78 is 5.19. The number of aliphatic carboxylic acids is 1. The molecule has 0 spiro atoms. The Labute approximate surface area is 82.6 Å². The number of carbonyl (C=O) groups excluding carboxylic acids is 1. The summed E-state index contributed by atoms with van der Waals surface area (Å²) in [6, 6.07) is 0. The molecule has 1 atom stereocenters. The van der Waals surface area contributed by atoms with Crippen LogP contribution in [0.4, 0.5) is 0 Å². The van der Waals surface area contributed by atoms with Gasteiger partial charge in [-0.05, 0) is 19.8 Å². The highest BCUT2D eigenvalue weighted by molar-refractivity contribution is 5.84. The third-order valence-electron chi connectivity index (χ3n) is 2.22. The molecule has 1 rings (SSSR count). The van der Waals surface area contributed by atoms with Gasteiger partial charge in [-0.25, -0.2) is 0 Å². The monoisotopic (exact) mass is 201 g/mol. The van der Waals surface area contributed by atoms with Gasteiger partial charge in [0, 0.05) is 13.2 Å². The van der Waals surface area contributed by atoms with Crippen molar-refractivity contribution in [3.05, 3.63) is 0 Å². The summed E-state index contributed by atoms with van der Waals surface area (Å²) in [7, 11) is 0. The van der Waals surface area contributed by atoms with Crippen LogP contribution in [0.2, 0.25) is 0 Å². The molecule has 0 bridgehead atoms. The number of nitrogens with zero attached hydrogens (tertiary/aromatic N) is 1. The summed E-state index contributed by atoms with van der Waals surface area (Å²) in [6.45, 7) is 2.52. The Kier molecular flexibility index (Phi) is 3.88. The normalized spacial score (nSPS) is 20.8. The third kappa shape index (κ3) is 2.70. The second-order valence-electron chi connectivity index (χ2n) is 3.25. The first-order valence-corrected chi connectivity index (χ1v) is 4.77. The van der Waals surface area contributed by atoms with Crippen molar-refractivity contribution < 1.29 is 19.4 Å². The molecule has 0 radical (unpaired) electrons. The number of rotatable bonds is 4. The van der Waals surface area contributed by atoms with Crippen LogP contribution in [-0.4, -0.2) is 47.7 Å². The molecule has 5 heteroatoms. The minimum atomic E-state index is -0.988. The van der Waals surface area contributed by atoms with E-state index < -0.39 is 12.1 Å². The predicted octanol–water partition coefficient (Wildman–Crippen LogP) is 0.0985. The first-order chi connectivity index (χ1) is 6.65. The van der Waals surface area contributed by atoms with Crippen molar-refractivity contribution in [2.45, 2.75) is 25.9 Å². The molecule has 0 aromatic heterocycles. The number of carboxylic acid groups (broad SMARTS) is 1. The minimum absolute atomic E-state index is 0.201. The van der Waals surface area contributed by atoms with E-state index in [1.807, 2.05) is 0 Å². The molecule has 0 aromatic rings. The first kappa shape index (κ1) is 11.0.